The fourth-order valence-corrected chi connectivity index (χ4v) is 1.51. The molecule has 0 spiro atoms. The Morgan fingerprint density at radius 2 is 2.00 bits per heavy atom. The zero-order valence-electron chi connectivity index (χ0n) is 10.6. The van der Waals surface area contributed by atoms with E-state index in [1.807, 2.05) is 6.92 Å². The minimum atomic E-state index is -0.500. The number of benzene rings is 1. The number of amidine groups is 1. The molecule has 1 aromatic heterocycles. The highest BCUT2D eigenvalue weighted by atomic mass is 19.1. The molecule has 98 valence electrons. The first-order valence-electron chi connectivity index (χ1n) is 5.60. The van der Waals surface area contributed by atoms with E-state index in [4.69, 9.17) is 15.9 Å². The van der Waals surface area contributed by atoms with Gasteiger partial charge in [-0.1, -0.05) is 6.07 Å². The molecule has 0 fully saturated rings. The van der Waals surface area contributed by atoms with Crippen molar-refractivity contribution in [2.24, 2.45) is 5.73 Å². The zero-order valence-corrected chi connectivity index (χ0v) is 10.6. The van der Waals surface area contributed by atoms with Gasteiger partial charge in [0.2, 0.25) is 0 Å². The molecule has 0 saturated heterocycles. The number of nitrogen functional groups attached to an aromatic ring is 1. The molecule has 0 atom stereocenters. The van der Waals surface area contributed by atoms with Crippen molar-refractivity contribution in [2.75, 3.05) is 0 Å². The van der Waals surface area contributed by atoms with Crippen LogP contribution in [0.2, 0.25) is 0 Å². The summed E-state index contributed by atoms with van der Waals surface area (Å²) in [5, 5.41) is 7.34. The van der Waals surface area contributed by atoms with Crippen LogP contribution in [-0.4, -0.2) is 15.8 Å². The van der Waals surface area contributed by atoms with Crippen LogP contribution in [0.15, 0.2) is 24.3 Å². The fraction of sp³-hybridized carbons (Fsp3) is 0.154. The van der Waals surface area contributed by atoms with Gasteiger partial charge in [-0.05, 0) is 37.6 Å². The van der Waals surface area contributed by atoms with Crippen LogP contribution in [0.25, 0.3) is 0 Å². The SMILES string of the molecule is Cc1ccc(F)c(Oc2nc(C)cc(C(=N)N)n2)c1. The Labute approximate surface area is 109 Å². The molecule has 1 heterocycles. The van der Waals surface area contributed by atoms with Crippen molar-refractivity contribution < 1.29 is 9.13 Å². The van der Waals surface area contributed by atoms with Gasteiger partial charge in [0.15, 0.2) is 11.6 Å². The van der Waals surface area contributed by atoms with Gasteiger partial charge in [-0.3, -0.25) is 5.41 Å². The monoisotopic (exact) mass is 260 g/mol. The largest absolute Gasteiger partial charge is 0.421 e. The quantitative estimate of drug-likeness (QED) is 0.655. The van der Waals surface area contributed by atoms with Gasteiger partial charge in [0.25, 0.3) is 0 Å². The van der Waals surface area contributed by atoms with Crippen molar-refractivity contribution in [1.82, 2.24) is 9.97 Å². The number of ether oxygens (including phenoxy) is 1. The van der Waals surface area contributed by atoms with Gasteiger partial charge in [0.05, 0.1) is 0 Å². The smallest absolute Gasteiger partial charge is 0.322 e. The summed E-state index contributed by atoms with van der Waals surface area (Å²) in [6, 6.07) is 6.03. The highest BCUT2D eigenvalue weighted by Crippen LogP contribution is 2.23. The number of halogens is 1. The Morgan fingerprint density at radius 3 is 2.68 bits per heavy atom. The molecule has 1 aromatic carbocycles. The standard InChI is InChI=1S/C13H13FN4O/c1-7-3-4-9(14)11(5-7)19-13-17-8(2)6-10(18-13)12(15)16/h3-6H,1-2H3,(H3,15,16). The summed E-state index contributed by atoms with van der Waals surface area (Å²) in [6.45, 7) is 3.54. The van der Waals surface area contributed by atoms with E-state index >= 15 is 0 Å². The Bertz CT molecular complexity index is 643. The number of hydrogen-bond acceptors (Lipinski definition) is 4. The van der Waals surface area contributed by atoms with Crippen LogP contribution in [0.1, 0.15) is 17.0 Å². The summed E-state index contributed by atoms with van der Waals surface area (Å²) in [6.07, 6.45) is 0. The third kappa shape index (κ3) is 3.04. The first-order valence-corrected chi connectivity index (χ1v) is 5.60. The Morgan fingerprint density at radius 1 is 1.26 bits per heavy atom. The van der Waals surface area contributed by atoms with E-state index < -0.39 is 5.82 Å². The number of rotatable bonds is 3. The van der Waals surface area contributed by atoms with Gasteiger partial charge in [-0.15, -0.1) is 0 Å². The Kier molecular flexibility index (Phi) is 3.41. The van der Waals surface area contributed by atoms with Crippen molar-refractivity contribution in [3.8, 4) is 11.8 Å². The summed E-state index contributed by atoms with van der Waals surface area (Å²) >= 11 is 0. The van der Waals surface area contributed by atoms with Crippen LogP contribution < -0.4 is 10.5 Å². The van der Waals surface area contributed by atoms with Gasteiger partial charge in [0.1, 0.15) is 11.5 Å². The summed E-state index contributed by atoms with van der Waals surface area (Å²) in [5.74, 6) is -0.653. The van der Waals surface area contributed by atoms with Crippen molar-refractivity contribution >= 4 is 5.84 Å². The minimum absolute atomic E-state index is 0.0327. The van der Waals surface area contributed by atoms with Crippen LogP contribution in [-0.2, 0) is 0 Å². The molecule has 0 bridgehead atoms. The summed E-state index contributed by atoms with van der Waals surface area (Å²) in [4.78, 5) is 7.98. The molecule has 0 unspecified atom stereocenters. The van der Waals surface area contributed by atoms with Crippen LogP contribution >= 0.6 is 0 Å². The molecule has 19 heavy (non-hydrogen) atoms. The molecular formula is C13H13FN4O. The molecule has 0 aliphatic heterocycles. The average Bonchev–Trinajstić information content (AvgIpc) is 2.33. The summed E-state index contributed by atoms with van der Waals surface area (Å²) < 4.78 is 18.9. The van der Waals surface area contributed by atoms with E-state index in [-0.39, 0.29) is 23.3 Å². The average molecular weight is 260 g/mol. The van der Waals surface area contributed by atoms with Crippen LogP contribution in [0, 0.1) is 25.1 Å². The maximum Gasteiger partial charge on any atom is 0.322 e. The topological polar surface area (TPSA) is 84.9 Å². The van der Waals surface area contributed by atoms with Crippen LogP contribution in [0.5, 0.6) is 11.8 Å². The molecule has 3 N–H and O–H groups in total. The van der Waals surface area contributed by atoms with E-state index in [0.29, 0.717) is 5.69 Å². The summed E-state index contributed by atoms with van der Waals surface area (Å²) in [5.41, 5.74) is 7.05. The van der Waals surface area contributed by atoms with Crippen molar-refractivity contribution in [3.63, 3.8) is 0 Å². The lowest BCUT2D eigenvalue weighted by molar-refractivity contribution is 0.409. The van der Waals surface area contributed by atoms with E-state index in [1.165, 1.54) is 6.07 Å². The highest BCUT2D eigenvalue weighted by molar-refractivity contribution is 5.93. The number of aryl methyl sites for hydroxylation is 2. The first-order chi connectivity index (χ1) is 8.95. The fourth-order valence-electron chi connectivity index (χ4n) is 1.51. The number of hydrogen-bond donors (Lipinski definition) is 2. The maximum atomic E-state index is 13.6. The second-order valence-electron chi connectivity index (χ2n) is 4.13. The van der Waals surface area contributed by atoms with E-state index in [9.17, 15) is 4.39 Å². The zero-order chi connectivity index (χ0) is 14.0. The summed E-state index contributed by atoms with van der Waals surface area (Å²) in [7, 11) is 0. The second kappa shape index (κ2) is 5.01. The molecule has 5 nitrogen and oxygen atoms in total. The van der Waals surface area contributed by atoms with Crippen molar-refractivity contribution in [1.29, 1.82) is 5.41 Å². The molecule has 2 aromatic rings. The molecule has 0 radical (unpaired) electrons. The molecule has 6 heteroatoms. The lowest BCUT2D eigenvalue weighted by atomic mass is 10.2. The van der Waals surface area contributed by atoms with E-state index in [1.54, 1.807) is 25.1 Å². The third-order valence-corrected chi connectivity index (χ3v) is 2.40. The van der Waals surface area contributed by atoms with E-state index in [0.717, 1.165) is 5.56 Å². The maximum absolute atomic E-state index is 13.6. The van der Waals surface area contributed by atoms with Gasteiger partial charge < -0.3 is 10.5 Å². The molecule has 0 aliphatic carbocycles. The van der Waals surface area contributed by atoms with Crippen LogP contribution in [0.3, 0.4) is 0 Å². The first kappa shape index (κ1) is 12.9. The number of nitrogens with zero attached hydrogens (tertiary/aromatic N) is 2. The molecule has 0 saturated carbocycles. The molecule has 0 amide bonds. The number of aromatic nitrogens is 2. The lowest BCUT2D eigenvalue weighted by Gasteiger charge is -2.08. The normalized spacial score (nSPS) is 10.3. The Balaban J connectivity index is 2.38. The van der Waals surface area contributed by atoms with Gasteiger partial charge in [-0.25, -0.2) is 9.37 Å². The van der Waals surface area contributed by atoms with Crippen LogP contribution in [0.4, 0.5) is 4.39 Å². The third-order valence-electron chi connectivity index (χ3n) is 2.40. The Hall–Kier alpha value is -2.50. The number of nitrogens with one attached hydrogen (secondary N) is 1. The number of nitrogens with two attached hydrogens (primary N) is 1. The van der Waals surface area contributed by atoms with Gasteiger partial charge in [-0.2, -0.15) is 4.98 Å². The molecule has 0 aliphatic rings. The van der Waals surface area contributed by atoms with Crippen molar-refractivity contribution in [3.05, 3.63) is 47.0 Å². The highest BCUT2D eigenvalue weighted by Gasteiger charge is 2.10. The van der Waals surface area contributed by atoms with Gasteiger partial charge >= 0.3 is 6.01 Å². The molecular weight excluding hydrogens is 247 g/mol. The van der Waals surface area contributed by atoms with Crippen molar-refractivity contribution in [2.45, 2.75) is 13.8 Å². The minimum Gasteiger partial charge on any atom is -0.421 e. The second-order valence-corrected chi connectivity index (χ2v) is 4.13. The van der Waals surface area contributed by atoms with E-state index in [2.05, 4.69) is 9.97 Å². The predicted octanol–water partition coefficient (Wildman–Crippen LogP) is 2.31. The molecule has 2 rings (SSSR count). The lowest BCUT2D eigenvalue weighted by Crippen LogP contribution is -2.14. The van der Waals surface area contributed by atoms with Gasteiger partial charge in [0, 0.05) is 5.69 Å². The predicted molar refractivity (Wildman–Crippen MR) is 69.0 cm³/mol.